The number of rotatable bonds is 5. The Morgan fingerprint density at radius 3 is 1.70 bits per heavy atom. The Labute approximate surface area is 134 Å². The third-order valence-corrected chi connectivity index (χ3v) is 3.45. The maximum absolute atomic E-state index is 12.7. The summed E-state index contributed by atoms with van der Waals surface area (Å²) >= 11 is 0. The molecule has 2 atom stereocenters. The monoisotopic (exact) mass is 302 g/mol. The summed E-state index contributed by atoms with van der Waals surface area (Å²) in [5.41, 5.74) is 1.04. The van der Waals surface area contributed by atoms with Crippen LogP contribution in [0.25, 0.3) is 0 Å². The maximum atomic E-state index is 12.7. The first kappa shape index (κ1) is 15.9. The number of carbonyl (C=O) groups excluding carboxylic acids is 1. The van der Waals surface area contributed by atoms with Gasteiger partial charge in [0.05, 0.1) is 12.1 Å². The highest BCUT2D eigenvalue weighted by atomic mass is 16.1. The van der Waals surface area contributed by atoms with Crippen LogP contribution >= 0.6 is 0 Å². The smallest absolute Gasteiger partial charge is 0.202 e. The molecule has 5 nitrogen and oxygen atoms in total. The molecule has 2 unspecified atom stereocenters. The van der Waals surface area contributed by atoms with E-state index in [9.17, 15) is 15.3 Å². The van der Waals surface area contributed by atoms with Crippen LogP contribution < -0.4 is 5.84 Å². The average Bonchev–Trinajstić information content (AvgIpc) is 2.61. The van der Waals surface area contributed by atoms with Gasteiger partial charge in [-0.15, -0.1) is 0 Å². The van der Waals surface area contributed by atoms with Crippen molar-refractivity contribution in [3.8, 4) is 12.1 Å². The Hall–Kier alpha value is -3.44. The molecule has 2 aromatic carbocycles. The van der Waals surface area contributed by atoms with Crippen LogP contribution in [-0.2, 0) is 4.79 Å². The van der Waals surface area contributed by atoms with Crippen LogP contribution in [0.1, 0.15) is 23.0 Å². The summed E-state index contributed by atoms with van der Waals surface area (Å²) in [5, 5.41) is 22.3. The first-order valence-corrected chi connectivity index (χ1v) is 6.94. The molecule has 5 heteroatoms. The van der Waals surface area contributed by atoms with Crippen LogP contribution in [0.5, 0.6) is 0 Å². The zero-order valence-corrected chi connectivity index (χ0v) is 12.3. The molecular weight excluding hydrogens is 288 g/mol. The number of Topliss-reactive ketones (excluding diaryl/α,β-unsaturated/α-hetero) is 1. The molecular formula is C18H14N4O. The van der Waals surface area contributed by atoms with E-state index in [1.807, 2.05) is 12.1 Å². The number of hydrazone groups is 1. The van der Waals surface area contributed by atoms with Crippen molar-refractivity contribution in [2.24, 2.45) is 10.9 Å². The highest BCUT2D eigenvalue weighted by molar-refractivity contribution is 6.44. The van der Waals surface area contributed by atoms with Crippen molar-refractivity contribution in [3.05, 3.63) is 71.8 Å². The number of benzene rings is 2. The predicted octanol–water partition coefficient (Wildman–Crippen LogP) is 2.48. The minimum atomic E-state index is -1.04. The molecule has 0 spiro atoms. The quantitative estimate of drug-likeness (QED) is 0.520. The average molecular weight is 302 g/mol. The molecule has 0 heterocycles. The lowest BCUT2D eigenvalue weighted by Crippen LogP contribution is -2.28. The topological polar surface area (TPSA) is 103 Å². The molecule has 2 N–H and O–H groups in total. The van der Waals surface area contributed by atoms with Crippen LogP contribution in [0.3, 0.4) is 0 Å². The van der Waals surface area contributed by atoms with E-state index in [0.717, 1.165) is 0 Å². The molecule has 0 radical (unpaired) electrons. The van der Waals surface area contributed by atoms with Crippen LogP contribution in [0.2, 0.25) is 0 Å². The number of carbonyl (C=O) groups is 1. The standard InChI is InChI=1S/C18H14N4O/c19-11-15(13-7-3-1-4-8-13)17(22-21)18(23)16(12-20)14-9-5-2-6-10-14/h1-10,15-16H,21H2/b22-17-. The first-order chi connectivity index (χ1) is 11.2. The van der Waals surface area contributed by atoms with E-state index in [0.29, 0.717) is 11.1 Å². The number of hydrogen-bond donors (Lipinski definition) is 1. The summed E-state index contributed by atoms with van der Waals surface area (Å²) in [5.74, 6) is 2.85. The van der Waals surface area contributed by atoms with Crippen molar-refractivity contribution in [3.63, 3.8) is 0 Å². The zero-order valence-electron chi connectivity index (χ0n) is 12.3. The van der Waals surface area contributed by atoms with Crippen molar-refractivity contribution in [2.45, 2.75) is 11.8 Å². The third-order valence-electron chi connectivity index (χ3n) is 3.45. The van der Waals surface area contributed by atoms with Crippen LogP contribution in [0.15, 0.2) is 65.8 Å². The van der Waals surface area contributed by atoms with Gasteiger partial charge in [0, 0.05) is 0 Å². The van der Waals surface area contributed by atoms with Gasteiger partial charge in [0.15, 0.2) is 0 Å². The lowest BCUT2D eigenvalue weighted by molar-refractivity contribution is -0.113. The molecule has 0 aromatic heterocycles. The van der Waals surface area contributed by atoms with Gasteiger partial charge >= 0.3 is 0 Å². The van der Waals surface area contributed by atoms with Gasteiger partial charge in [-0.05, 0) is 11.1 Å². The third kappa shape index (κ3) is 3.42. The molecule has 0 bridgehead atoms. The van der Waals surface area contributed by atoms with Crippen molar-refractivity contribution in [1.82, 2.24) is 0 Å². The molecule has 0 fully saturated rings. The van der Waals surface area contributed by atoms with E-state index < -0.39 is 17.6 Å². The van der Waals surface area contributed by atoms with Crippen molar-refractivity contribution in [1.29, 1.82) is 10.5 Å². The molecule has 0 saturated heterocycles. The van der Waals surface area contributed by atoms with Crippen LogP contribution in [0, 0.1) is 22.7 Å². The normalized spacial score (nSPS) is 13.4. The second-order valence-electron chi connectivity index (χ2n) is 4.82. The largest absolute Gasteiger partial charge is 0.323 e. The zero-order chi connectivity index (χ0) is 16.7. The Bertz CT molecular complexity index is 785. The van der Waals surface area contributed by atoms with E-state index in [1.54, 1.807) is 60.7 Å². The molecule has 0 saturated carbocycles. The Kier molecular flexibility index (Phi) is 5.22. The molecule has 0 amide bonds. The summed E-state index contributed by atoms with van der Waals surface area (Å²) in [6, 6.07) is 21.4. The van der Waals surface area contributed by atoms with Gasteiger partial charge in [0.1, 0.15) is 17.5 Å². The molecule has 23 heavy (non-hydrogen) atoms. The number of nitrogens with two attached hydrogens (primary N) is 1. The molecule has 2 aromatic rings. The fourth-order valence-corrected chi connectivity index (χ4v) is 2.30. The van der Waals surface area contributed by atoms with Crippen molar-refractivity contribution < 1.29 is 4.79 Å². The van der Waals surface area contributed by atoms with Crippen molar-refractivity contribution in [2.75, 3.05) is 0 Å². The Balaban J connectivity index is 2.39. The van der Waals surface area contributed by atoms with E-state index in [1.165, 1.54) is 0 Å². The lowest BCUT2D eigenvalue weighted by atomic mass is 9.86. The van der Waals surface area contributed by atoms with Crippen LogP contribution in [-0.4, -0.2) is 11.5 Å². The maximum Gasteiger partial charge on any atom is 0.202 e. The Morgan fingerprint density at radius 2 is 1.30 bits per heavy atom. The summed E-state index contributed by atoms with van der Waals surface area (Å²) in [7, 11) is 0. The SMILES string of the molecule is N#CC(C(=O)/C(=N\N)C(C#N)c1ccccc1)c1ccccc1. The molecule has 112 valence electrons. The molecule has 2 rings (SSSR count). The Morgan fingerprint density at radius 1 is 0.870 bits per heavy atom. The number of nitrogens with zero attached hydrogens (tertiary/aromatic N) is 3. The van der Waals surface area contributed by atoms with Crippen molar-refractivity contribution >= 4 is 11.5 Å². The summed E-state index contributed by atoms with van der Waals surface area (Å²) in [6.07, 6.45) is 0. The second-order valence-corrected chi connectivity index (χ2v) is 4.82. The van der Waals surface area contributed by atoms with E-state index in [2.05, 4.69) is 5.10 Å². The lowest BCUT2D eigenvalue weighted by Gasteiger charge is -2.14. The van der Waals surface area contributed by atoms with Crippen LogP contribution in [0.4, 0.5) is 0 Å². The number of hydrogen-bond acceptors (Lipinski definition) is 5. The van der Waals surface area contributed by atoms with Gasteiger partial charge in [0.25, 0.3) is 0 Å². The van der Waals surface area contributed by atoms with E-state index >= 15 is 0 Å². The number of nitriles is 2. The van der Waals surface area contributed by atoms with Gasteiger partial charge in [0.2, 0.25) is 5.78 Å². The van der Waals surface area contributed by atoms with Gasteiger partial charge in [-0.1, -0.05) is 60.7 Å². The minimum absolute atomic E-state index is 0.117. The number of ketones is 1. The summed E-state index contributed by atoms with van der Waals surface area (Å²) < 4.78 is 0. The fourth-order valence-electron chi connectivity index (χ4n) is 2.30. The first-order valence-electron chi connectivity index (χ1n) is 6.94. The second kappa shape index (κ2) is 7.53. The molecule has 0 aliphatic carbocycles. The van der Waals surface area contributed by atoms with E-state index in [4.69, 9.17) is 5.84 Å². The highest BCUT2D eigenvalue weighted by Gasteiger charge is 2.31. The van der Waals surface area contributed by atoms with Gasteiger partial charge in [-0.2, -0.15) is 15.6 Å². The van der Waals surface area contributed by atoms with Gasteiger partial charge < -0.3 is 5.84 Å². The summed E-state index contributed by atoms with van der Waals surface area (Å²) in [6.45, 7) is 0. The predicted molar refractivity (Wildman–Crippen MR) is 86.2 cm³/mol. The van der Waals surface area contributed by atoms with Gasteiger partial charge in [-0.3, -0.25) is 4.79 Å². The molecule has 0 aliphatic heterocycles. The fraction of sp³-hybridized carbons (Fsp3) is 0.111. The molecule has 0 aliphatic rings. The summed E-state index contributed by atoms with van der Waals surface area (Å²) in [4.78, 5) is 12.7. The minimum Gasteiger partial charge on any atom is -0.323 e. The van der Waals surface area contributed by atoms with E-state index in [-0.39, 0.29) is 5.71 Å². The highest BCUT2D eigenvalue weighted by Crippen LogP contribution is 2.23. The van der Waals surface area contributed by atoms with Gasteiger partial charge in [-0.25, -0.2) is 0 Å².